The van der Waals surface area contributed by atoms with Crippen LogP contribution < -0.4 is 10.1 Å². The Labute approximate surface area is 470 Å². The Balaban J connectivity index is 0.872. The zero-order valence-electron chi connectivity index (χ0n) is 45.3. The number of benzene rings is 11. The van der Waals surface area contributed by atoms with Gasteiger partial charge in [-0.05, 0) is 120 Å². The molecular formula is C76H56N4O. The van der Waals surface area contributed by atoms with Crippen LogP contribution in [0.2, 0.25) is 0 Å². The number of H-pyrrole nitrogens is 1. The molecule has 15 rings (SSSR count). The minimum absolute atomic E-state index is 0.0286. The van der Waals surface area contributed by atoms with E-state index in [-0.39, 0.29) is 5.41 Å². The molecule has 3 aromatic heterocycles. The van der Waals surface area contributed by atoms with Crippen LogP contribution in [0.5, 0.6) is 11.5 Å². The molecule has 0 amide bonds. The predicted molar refractivity (Wildman–Crippen MR) is 338 cm³/mol. The van der Waals surface area contributed by atoms with Crippen molar-refractivity contribution < 1.29 is 4.74 Å². The summed E-state index contributed by atoms with van der Waals surface area (Å²) in [6, 6.07) is 96.6. The van der Waals surface area contributed by atoms with E-state index in [4.69, 9.17) is 9.72 Å². The van der Waals surface area contributed by atoms with Crippen LogP contribution in [0.15, 0.2) is 273 Å². The van der Waals surface area contributed by atoms with Gasteiger partial charge in [-0.15, -0.1) is 0 Å². The molecule has 0 aliphatic heterocycles. The van der Waals surface area contributed by atoms with Crippen molar-refractivity contribution in [3.05, 3.63) is 301 Å². The third-order valence-corrected chi connectivity index (χ3v) is 16.7. The lowest BCUT2D eigenvalue weighted by Crippen LogP contribution is -2.28. The van der Waals surface area contributed by atoms with Crippen molar-refractivity contribution in [1.82, 2.24) is 14.5 Å². The van der Waals surface area contributed by atoms with Crippen molar-refractivity contribution in [1.29, 1.82) is 0 Å². The molecule has 0 saturated carbocycles. The van der Waals surface area contributed by atoms with E-state index < -0.39 is 5.41 Å². The quantitative estimate of drug-likeness (QED) is 0.159. The highest BCUT2D eigenvalue weighted by molar-refractivity contribution is 6.21. The lowest BCUT2D eigenvalue weighted by atomic mass is 9.67. The summed E-state index contributed by atoms with van der Waals surface area (Å²) in [6.45, 7) is 6.72. The van der Waals surface area contributed by atoms with E-state index in [0.29, 0.717) is 5.75 Å². The number of para-hydroxylation sites is 3. The lowest BCUT2D eigenvalue weighted by Gasteiger charge is -2.34. The highest BCUT2D eigenvalue weighted by atomic mass is 16.5. The van der Waals surface area contributed by atoms with E-state index >= 15 is 0 Å². The summed E-state index contributed by atoms with van der Waals surface area (Å²) < 4.78 is 9.06. The lowest BCUT2D eigenvalue weighted by molar-refractivity contribution is 0.483. The number of ether oxygens (including phenoxy) is 1. The average Bonchev–Trinajstić information content (AvgIpc) is 4.26. The van der Waals surface area contributed by atoms with Gasteiger partial charge in [0.05, 0.1) is 33.2 Å². The molecule has 5 heteroatoms. The molecule has 1 aliphatic carbocycles. The molecule has 0 bridgehead atoms. The fraction of sp³-hybridized carbons (Fsp3) is 0.0658. The molecular weight excluding hydrogens is 985 g/mol. The van der Waals surface area contributed by atoms with Crippen LogP contribution in [-0.2, 0) is 10.8 Å². The number of pyridine rings is 1. The van der Waals surface area contributed by atoms with Crippen molar-refractivity contribution in [3.63, 3.8) is 0 Å². The summed E-state index contributed by atoms with van der Waals surface area (Å²) in [5.41, 5.74) is 16.5. The van der Waals surface area contributed by atoms with Gasteiger partial charge in [0.25, 0.3) is 0 Å². The Kier molecular flexibility index (Phi) is 11.2. The number of aromatic amines is 1. The first-order valence-electron chi connectivity index (χ1n) is 27.9. The fourth-order valence-corrected chi connectivity index (χ4v) is 13.0. The van der Waals surface area contributed by atoms with Crippen LogP contribution in [0.3, 0.4) is 0 Å². The molecule has 81 heavy (non-hydrogen) atoms. The number of fused-ring (bicyclic) bond motifs is 13. The molecule has 14 aromatic rings. The smallest absolute Gasteiger partial charge is 0.137 e. The maximum absolute atomic E-state index is 6.81. The summed E-state index contributed by atoms with van der Waals surface area (Å²) in [7, 11) is 0. The van der Waals surface area contributed by atoms with Gasteiger partial charge in [0, 0.05) is 51.1 Å². The summed E-state index contributed by atoms with van der Waals surface area (Å²) in [5, 5.41) is 13.1. The summed E-state index contributed by atoms with van der Waals surface area (Å²) in [5.74, 6) is 2.33. The van der Waals surface area contributed by atoms with Gasteiger partial charge in [-0.3, -0.25) is 4.57 Å². The molecule has 5 nitrogen and oxygen atoms in total. The zero-order chi connectivity index (χ0) is 54.2. The van der Waals surface area contributed by atoms with Crippen LogP contribution >= 0.6 is 0 Å². The first-order valence-corrected chi connectivity index (χ1v) is 27.9. The Morgan fingerprint density at radius 2 is 0.963 bits per heavy atom. The second-order valence-electron chi connectivity index (χ2n) is 22.4. The molecule has 0 radical (unpaired) electrons. The number of nitrogens with one attached hydrogen (secondary N) is 2. The van der Waals surface area contributed by atoms with Crippen molar-refractivity contribution in [3.8, 4) is 39.6 Å². The Bertz CT molecular complexity index is 4820. The van der Waals surface area contributed by atoms with Crippen LogP contribution in [-0.4, -0.2) is 14.5 Å². The second kappa shape index (κ2) is 19.0. The summed E-state index contributed by atoms with van der Waals surface area (Å²) in [4.78, 5) is 9.07. The van der Waals surface area contributed by atoms with Crippen molar-refractivity contribution >= 4 is 76.5 Å². The monoisotopic (exact) mass is 1040 g/mol. The number of hydrogen-bond donors (Lipinski definition) is 2. The van der Waals surface area contributed by atoms with E-state index in [1.807, 2.05) is 18.3 Å². The van der Waals surface area contributed by atoms with E-state index in [1.54, 1.807) is 0 Å². The third-order valence-electron chi connectivity index (χ3n) is 16.7. The standard InChI is InChI=1S/C76H56N4O/c1-75(2,3)52-44-45-77-72(46-52)80-70-37-16-13-30-63(70)64-43-42-55(48-71(64)80)81-54-23-17-22-53(47-54)78-69-36-19-33-66-60-27-10-8-25-58(60)57-24-7-9-26-59(57)65-32-18-31-56(73(65)79-74(66)69)49-38-40-51(41-39-49)76(50-20-5-4-6-21-50)67-34-14-11-28-61(67)62-29-12-15-35-68(62)76/h4-48,78-79H,1-3H3. The Morgan fingerprint density at radius 3 is 1.67 bits per heavy atom. The summed E-state index contributed by atoms with van der Waals surface area (Å²) in [6.07, 6.45) is 1.92. The molecule has 1 aliphatic rings. The minimum atomic E-state index is -0.493. The molecule has 2 N–H and O–H groups in total. The minimum Gasteiger partial charge on any atom is -0.457 e. The zero-order valence-corrected chi connectivity index (χ0v) is 45.3. The van der Waals surface area contributed by atoms with Gasteiger partial charge < -0.3 is 15.0 Å². The molecule has 0 unspecified atom stereocenters. The SMILES string of the molecule is CC(C)(C)c1ccnc(-n2c3ccccc3c3ccc(Oc4cccc(Nc5cccc6c5[nH]c5c(-c7ccc(C8(c9ccccc9)c9ccccc9-c9ccccc98)cc7)cccc5c5ccccc5c5ccccc65)c4)cc32)c1. The fourth-order valence-electron chi connectivity index (χ4n) is 13.0. The first kappa shape index (κ1) is 47.9. The van der Waals surface area contributed by atoms with Crippen LogP contribution in [0.1, 0.15) is 48.6 Å². The van der Waals surface area contributed by atoms with Gasteiger partial charge in [0.1, 0.15) is 17.3 Å². The van der Waals surface area contributed by atoms with Gasteiger partial charge in [0.2, 0.25) is 0 Å². The molecule has 386 valence electrons. The van der Waals surface area contributed by atoms with E-state index in [1.165, 1.54) is 55.1 Å². The van der Waals surface area contributed by atoms with Gasteiger partial charge in [-0.2, -0.15) is 0 Å². The van der Waals surface area contributed by atoms with Gasteiger partial charge in [-0.1, -0.05) is 227 Å². The number of aromatic nitrogens is 3. The number of nitrogens with zero attached hydrogens (tertiary/aromatic N) is 2. The molecule has 3 heterocycles. The maximum atomic E-state index is 6.81. The topological polar surface area (TPSA) is 54.9 Å². The highest BCUT2D eigenvalue weighted by Gasteiger charge is 2.45. The third kappa shape index (κ3) is 7.87. The van der Waals surface area contributed by atoms with E-state index in [0.717, 1.165) is 83.1 Å². The second-order valence-corrected chi connectivity index (χ2v) is 22.4. The van der Waals surface area contributed by atoms with Gasteiger partial charge >= 0.3 is 0 Å². The number of anilines is 2. The molecule has 0 saturated heterocycles. The average molecular weight is 1040 g/mol. The normalized spacial score (nSPS) is 12.7. The van der Waals surface area contributed by atoms with Crippen LogP contribution in [0, 0.1) is 0 Å². The Morgan fingerprint density at radius 1 is 0.420 bits per heavy atom. The van der Waals surface area contributed by atoms with Crippen molar-refractivity contribution in [2.24, 2.45) is 0 Å². The largest absolute Gasteiger partial charge is 0.457 e. The molecule has 0 fully saturated rings. The van der Waals surface area contributed by atoms with Crippen LogP contribution in [0.4, 0.5) is 11.4 Å². The molecule has 0 spiro atoms. The highest BCUT2D eigenvalue weighted by Crippen LogP contribution is 2.56. The Hall–Kier alpha value is -10.2. The van der Waals surface area contributed by atoms with Gasteiger partial charge in [0.15, 0.2) is 0 Å². The predicted octanol–water partition coefficient (Wildman–Crippen LogP) is 20.1. The molecule has 11 aromatic carbocycles. The van der Waals surface area contributed by atoms with E-state index in [9.17, 15) is 0 Å². The van der Waals surface area contributed by atoms with E-state index in [2.05, 4.69) is 290 Å². The summed E-state index contributed by atoms with van der Waals surface area (Å²) >= 11 is 0. The van der Waals surface area contributed by atoms with Crippen molar-refractivity contribution in [2.75, 3.05) is 5.32 Å². The van der Waals surface area contributed by atoms with Crippen molar-refractivity contribution in [2.45, 2.75) is 31.6 Å². The number of hydrogen-bond acceptors (Lipinski definition) is 3. The first-order chi connectivity index (χ1) is 39.8. The van der Waals surface area contributed by atoms with Gasteiger partial charge in [-0.25, -0.2) is 4.98 Å². The number of rotatable bonds is 8. The maximum Gasteiger partial charge on any atom is 0.137 e. The van der Waals surface area contributed by atoms with Crippen LogP contribution in [0.25, 0.3) is 93.2 Å². The molecule has 0 atom stereocenters.